The number of unbranched alkanes of at least 4 members (excludes halogenated alkanes) is 10. The zero-order chi connectivity index (χ0) is 80.8. The van der Waals surface area contributed by atoms with Crippen molar-refractivity contribution in [2.24, 2.45) is 17.4 Å². The second-order valence-corrected chi connectivity index (χ2v) is 28.7. The second-order valence-electron chi connectivity index (χ2n) is 28.7. The van der Waals surface area contributed by atoms with Crippen LogP contribution in [0.1, 0.15) is 177 Å². The highest BCUT2D eigenvalue weighted by Crippen LogP contribution is 2.25. The number of benzene rings is 1. The fourth-order valence-corrected chi connectivity index (χ4v) is 12.8. The molecule has 19 atom stereocenters. The molecule has 3 fully saturated rings. The zero-order valence-electron chi connectivity index (χ0n) is 62.9. The van der Waals surface area contributed by atoms with E-state index in [0.29, 0.717) is 23.3 Å². The van der Waals surface area contributed by atoms with Crippen molar-refractivity contribution < 1.29 is 113 Å². The summed E-state index contributed by atoms with van der Waals surface area (Å²) < 4.78 is 5.95. The molecule has 13 amide bonds. The number of amides is 13. The number of aliphatic hydroxyl groups is 7. The zero-order valence-corrected chi connectivity index (χ0v) is 62.9. The predicted molar refractivity (Wildman–Crippen MR) is 385 cm³/mol. The first-order valence-corrected chi connectivity index (χ1v) is 37.2. The number of nitrogens with zero attached hydrogens (tertiary/aromatic N) is 2. The van der Waals surface area contributed by atoms with Crippen molar-refractivity contribution in [3.63, 3.8) is 0 Å². The van der Waals surface area contributed by atoms with Crippen molar-refractivity contribution in [2.75, 3.05) is 26.2 Å². The molecule has 37 heteroatoms. The number of nitrogens with one attached hydrogen (secondary N) is 10. The number of carbonyl (C=O) groups is 14. The van der Waals surface area contributed by atoms with E-state index in [-0.39, 0.29) is 44.4 Å². The van der Waals surface area contributed by atoms with E-state index in [9.17, 15) is 108 Å². The van der Waals surface area contributed by atoms with Crippen LogP contribution in [0.3, 0.4) is 0 Å². The lowest BCUT2D eigenvalue weighted by molar-refractivity contribution is -0.155. The number of carbonyl (C=O) groups excluding carboxylic acids is 14. The highest BCUT2D eigenvalue weighted by Gasteiger charge is 2.48. The van der Waals surface area contributed by atoms with Crippen molar-refractivity contribution in [3.05, 3.63) is 29.8 Å². The van der Waals surface area contributed by atoms with Crippen LogP contribution in [0, 0.1) is 5.92 Å². The Bertz CT molecular complexity index is 3200. The summed E-state index contributed by atoms with van der Waals surface area (Å²) in [6.45, 7) is 8.69. The van der Waals surface area contributed by atoms with Crippen molar-refractivity contribution in [2.45, 2.75) is 293 Å². The summed E-state index contributed by atoms with van der Waals surface area (Å²) >= 11 is 0. The molecule has 22 N–H and O–H groups in total. The molecule has 0 spiro atoms. The molecule has 3 aliphatic heterocycles. The summed E-state index contributed by atoms with van der Waals surface area (Å²) in [6, 6.07) is -14.3. The van der Waals surface area contributed by atoms with Gasteiger partial charge in [0.15, 0.2) is 0 Å². The van der Waals surface area contributed by atoms with Crippen LogP contribution in [-0.4, -0.2) is 275 Å². The number of primary amides is 1. The van der Waals surface area contributed by atoms with Gasteiger partial charge in [-0.05, 0) is 96.9 Å². The molecule has 108 heavy (non-hydrogen) atoms. The molecular weight excluding hydrogens is 1420 g/mol. The van der Waals surface area contributed by atoms with E-state index < -0.39 is 243 Å². The topological polar surface area (TPSA) is 589 Å². The number of esters is 1. The monoisotopic (exact) mass is 1530 g/mol. The number of rotatable bonds is 25. The van der Waals surface area contributed by atoms with E-state index >= 15 is 0 Å². The fourth-order valence-electron chi connectivity index (χ4n) is 12.8. The Hall–Kier alpha value is -8.72. The van der Waals surface area contributed by atoms with Crippen LogP contribution in [0.5, 0.6) is 5.75 Å². The van der Waals surface area contributed by atoms with Crippen molar-refractivity contribution >= 4 is 82.8 Å². The van der Waals surface area contributed by atoms with Gasteiger partial charge in [-0.25, -0.2) is 4.79 Å². The Labute approximate surface area is 628 Å². The minimum Gasteiger partial charge on any atom is -0.508 e. The van der Waals surface area contributed by atoms with E-state index in [4.69, 9.17) is 16.2 Å². The molecule has 1 aromatic rings. The average Bonchev–Trinajstić information content (AvgIpc) is 1.62. The third kappa shape index (κ3) is 29.0. The van der Waals surface area contributed by atoms with E-state index in [1.54, 1.807) is 0 Å². The Kier molecular flexibility index (Phi) is 38.5. The molecule has 1 aromatic carbocycles. The van der Waals surface area contributed by atoms with Crippen LogP contribution in [0.15, 0.2) is 24.3 Å². The van der Waals surface area contributed by atoms with Crippen LogP contribution < -0.4 is 64.6 Å². The van der Waals surface area contributed by atoms with E-state index in [1.807, 2.05) is 0 Å². The Morgan fingerprint density at radius 1 is 0.546 bits per heavy atom. The van der Waals surface area contributed by atoms with Crippen LogP contribution in [-0.2, 0) is 78.3 Å². The third-order valence-electron chi connectivity index (χ3n) is 19.0. The molecule has 4 rings (SSSR count). The molecule has 0 unspecified atom stereocenters. The molecule has 0 radical (unpaired) electrons. The van der Waals surface area contributed by atoms with Gasteiger partial charge in [-0.2, -0.15) is 0 Å². The van der Waals surface area contributed by atoms with Gasteiger partial charge in [0.1, 0.15) is 78.3 Å². The number of hydrogen-bond donors (Lipinski definition) is 20. The van der Waals surface area contributed by atoms with Crippen molar-refractivity contribution in [1.82, 2.24) is 63.0 Å². The minimum atomic E-state index is -2.22. The summed E-state index contributed by atoms with van der Waals surface area (Å²) in [5, 5.41) is 111. The quantitative estimate of drug-likeness (QED) is 0.0321. The minimum absolute atomic E-state index is 0.0162. The maximum atomic E-state index is 14.8. The number of ether oxygens (including phenoxy) is 1. The molecule has 0 aliphatic carbocycles. The van der Waals surface area contributed by atoms with E-state index in [2.05, 4.69) is 60.1 Å². The van der Waals surface area contributed by atoms with E-state index in [0.717, 1.165) is 77.0 Å². The number of aromatic hydroxyl groups is 1. The smallest absolute Gasteiger partial charge is 0.328 e. The van der Waals surface area contributed by atoms with Crippen LogP contribution in [0.2, 0.25) is 0 Å². The van der Waals surface area contributed by atoms with Gasteiger partial charge in [0.05, 0.1) is 62.1 Å². The number of cyclic esters (lactones) is 1. The average molecular weight is 1530 g/mol. The molecule has 37 nitrogen and oxygen atoms in total. The SMILES string of the molecule is CCCCCCCCCCCCC[C@@H]1CC(=O)N[C@H]([C@H](C)O)C(=O)N[C@H](C)C(=O)N[C@H](Cc2ccc(O)cc2)C(=O)N[C@@H](C(C)C)C(=O)N2C[C@@H](O)C[C@@H]2C(=O)N[C@H]([C@@H](C)O)C(=O)N[C@H]([C@@H](C)O)C(=O)N2CC[C@H](O)[C@H]2C(=O)N[C@H]([C@H](O)CC(N)=O)C(=O)NCC(=O)N[C@@H]([C@@H](C)O)C(=O)N[C@H](CCCN)C(=O)O1. The number of aliphatic hydroxyl groups excluding tert-OH is 7. The largest absolute Gasteiger partial charge is 0.508 e. The van der Waals surface area contributed by atoms with Crippen LogP contribution in [0.25, 0.3) is 0 Å². The summed E-state index contributed by atoms with van der Waals surface area (Å²) in [5.41, 5.74) is 11.5. The lowest BCUT2D eigenvalue weighted by atomic mass is 9.99. The highest BCUT2D eigenvalue weighted by molar-refractivity contribution is 6.00. The fraction of sp³-hybridized carbons (Fsp3) is 0.718. The van der Waals surface area contributed by atoms with Gasteiger partial charge in [0.25, 0.3) is 0 Å². The van der Waals surface area contributed by atoms with Crippen LogP contribution in [0.4, 0.5) is 0 Å². The molecule has 608 valence electrons. The lowest BCUT2D eigenvalue weighted by Crippen LogP contribution is -2.64. The van der Waals surface area contributed by atoms with Gasteiger partial charge in [0, 0.05) is 25.9 Å². The molecule has 0 bridgehead atoms. The van der Waals surface area contributed by atoms with Gasteiger partial charge in [-0.3, -0.25) is 62.3 Å². The first-order chi connectivity index (χ1) is 50.9. The number of fused-ring (bicyclic) bond motifs is 2. The first kappa shape index (κ1) is 91.7. The normalized spacial score (nSPS) is 28.1. The van der Waals surface area contributed by atoms with Crippen LogP contribution >= 0.6 is 0 Å². The number of nitrogens with two attached hydrogens (primary N) is 2. The molecule has 3 saturated heterocycles. The molecule has 3 heterocycles. The molecule has 0 aromatic heterocycles. The molecule has 0 saturated carbocycles. The first-order valence-electron chi connectivity index (χ1n) is 37.2. The number of phenols is 1. The molecule has 3 aliphatic rings. The standard InChI is InChI=1S/C71H116N14O23/c1-9-10-11-12-13-14-15-16-17-18-19-21-45-32-52(95)78-55(38(5)86)65(101)75-37(4)61(97)77-47(30-42-23-25-43(90)26-24-42)62(98)80-54(36(2)3)69(105)85-35-44(91)31-48(85)63(99)81-57(40(7)88)67(103)82-58(41(8)89)70(106)84-29-27-49(92)60(84)68(104)83-59(50(93)33-51(73)94)64(100)74-34-53(96)79-56(39(6)87)66(102)76-46(22-20-28-72)71(107)108-45/h23-26,36-41,44-50,54-60,86-93H,9-22,27-35,72H2,1-8H3,(H2,73,94)(H,74,100)(H,75,101)(H,76,102)(H,77,97)(H,78,95)(H,79,96)(H,80,98)(H,81,99)(H,82,103)(H,83,104)/t37-,38+,39-,40-,41-,44+,45-,46-,47-,48-,49+,50-,54+,55-,56+,57-,58-,59-,60+/m1/s1. The Morgan fingerprint density at radius 3 is 1.60 bits per heavy atom. The van der Waals surface area contributed by atoms with Gasteiger partial charge in [-0.1, -0.05) is 97.1 Å². The van der Waals surface area contributed by atoms with Crippen molar-refractivity contribution in [1.29, 1.82) is 0 Å². The van der Waals surface area contributed by atoms with E-state index in [1.165, 1.54) is 58.4 Å². The predicted octanol–water partition coefficient (Wildman–Crippen LogP) is -5.47. The third-order valence-corrected chi connectivity index (χ3v) is 19.0. The summed E-state index contributed by atoms with van der Waals surface area (Å²) in [6.07, 6.45) is -5.96. The Morgan fingerprint density at radius 2 is 1.05 bits per heavy atom. The summed E-state index contributed by atoms with van der Waals surface area (Å²) in [4.78, 5) is 199. The maximum Gasteiger partial charge on any atom is 0.328 e. The van der Waals surface area contributed by atoms with Crippen molar-refractivity contribution in [3.8, 4) is 5.75 Å². The summed E-state index contributed by atoms with van der Waals surface area (Å²) in [5.74, 6) is -17.1. The Balaban J connectivity index is 1.80. The van der Waals surface area contributed by atoms with Gasteiger partial charge in [0.2, 0.25) is 76.8 Å². The second kappa shape index (κ2) is 45.3. The number of phenolic OH excluding ortho intramolecular Hbond substituents is 1. The summed E-state index contributed by atoms with van der Waals surface area (Å²) in [7, 11) is 0. The van der Waals surface area contributed by atoms with Gasteiger partial charge >= 0.3 is 5.97 Å². The maximum absolute atomic E-state index is 14.8. The lowest BCUT2D eigenvalue weighted by Gasteiger charge is -2.34. The number of hydrogen-bond acceptors (Lipinski definition) is 24. The van der Waals surface area contributed by atoms with Gasteiger partial charge in [-0.15, -0.1) is 0 Å². The van der Waals surface area contributed by atoms with Gasteiger partial charge < -0.3 is 120 Å². The molecular formula is C71H116N14O23. The highest BCUT2D eigenvalue weighted by atomic mass is 16.5.